The summed E-state index contributed by atoms with van der Waals surface area (Å²) >= 11 is 0. The fourth-order valence-corrected chi connectivity index (χ4v) is 2.47. The van der Waals surface area contributed by atoms with Gasteiger partial charge < -0.3 is 14.6 Å². The molecule has 0 bridgehead atoms. The van der Waals surface area contributed by atoms with Crippen LogP contribution in [0.25, 0.3) is 11.0 Å². The number of benzene rings is 2. The summed E-state index contributed by atoms with van der Waals surface area (Å²) in [6.07, 6.45) is 0. The Morgan fingerprint density at radius 3 is 2.65 bits per heavy atom. The number of carbonyl (C=O) groups is 1. The van der Waals surface area contributed by atoms with Gasteiger partial charge in [-0.3, -0.25) is 4.79 Å². The zero-order valence-electron chi connectivity index (χ0n) is 13.5. The third-order valence-corrected chi connectivity index (χ3v) is 3.79. The smallest absolute Gasteiger partial charge is 0.255 e. The van der Waals surface area contributed by atoms with Gasteiger partial charge in [-0.2, -0.15) is 0 Å². The number of imidazole rings is 1. The summed E-state index contributed by atoms with van der Waals surface area (Å²) in [7, 11) is 1.96. The van der Waals surface area contributed by atoms with Gasteiger partial charge in [0.15, 0.2) is 0 Å². The van der Waals surface area contributed by atoms with Crippen molar-refractivity contribution in [1.82, 2.24) is 9.55 Å². The second kappa shape index (κ2) is 6.12. The number of aryl methyl sites for hydroxylation is 2. The number of carbonyl (C=O) groups excluding carboxylic acids is 1. The summed E-state index contributed by atoms with van der Waals surface area (Å²) in [6.45, 7) is 4.50. The summed E-state index contributed by atoms with van der Waals surface area (Å²) in [4.78, 5) is 16.8. The lowest BCUT2D eigenvalue weighted by atomic mass is 10.2. The van der Waals surface area contributed by atoms with Crippen LogP contribution in [0.15, 0.2) is 42.5 Å². The third-order valence-electron chi connectivity index (χ3n) is 3.79. The van der Waals surface area contributed by atoms with Crippen LogP contribution in [0.1, 0.15) is 23.1 Å². The molecule has 3 aromatic rings. The number of hydrogen-bond donors (Lipinski definition) is 1. The van der Waals surface area contributed by atoms with E-state index in [-0.39, 0.29) is 5.91 Å². The van der Waals surface area contributed by atoms with Crippen LogP contribution in [0, 0.1) is 6.92 Å². The minimum Gasteiger partial charge on any atom is -0.494 e. The highest BCUT2D eigenvalue weighted by Gasteiger charge is 2.10. The van der Waals surface area contributed by atoms with Gasteiger partial charge in [-0.25, -0.2) is 4.98 Å². The number of nitrogens with one attached hydrogen (secondary N) is 1. The van der Waals surface area contributed by atoms with E-state index in [1.165, 1.54) is 0 Å². The Labute approximate surface area is 134 Å². The highest BCUT2D eigenvalue weighted by molar-refractivity contribution is 6.06. The lowest BCUT2D eigenvalue weighted by Crippen LogP contribution is -2.11. The standard InChI is InChI=1S/C18H19N3O2/c1-4-23-15-8-6-14(7-9-15)20-18(22)13-5-10-17-16(11-13)19-12(2)21(17)3/h5-11H,4H2,1-3H3,(H,20,22). The molecule has 0 radical (unpaired) electrons. The van der Waals surface area contributed by atoms with Crippen molar-refractivity contribution in [3.05, 3.63) is 53.9 Å². The van der Waals surface area contributed by atoms with Gasteiger partial charge in [0.25, 0.3) is 5.91 Å². The lowest BCUT2D eigenvalue weighted by molar-refractivity contribution is 0.102. The Kier molecular flexibility index (Phi) is 4.02. The van der Waals surface area contributed by atoms with Crippen LogP contribution in [0.5, 0.6) is 5.75 Å². The van der Waals surface area contributed by atoms with Gasteiger partial charge in [-0.15, -0.1) is 0 Å². The average Bonchev–Trinajstić information content (AvgIpc) is 2.83. The first-order valence-corrected chi connectivity index (χ1v) is 7.56. The molecule has 23 heavy (non-hydrogen) atoms. The van der Waals surface area contributed by atoms with Crippen molar-refractivity contribution in [1.29, 1.82) is 0 Å². The van der Waals surface area contributed by atoms with Crippen LogP contribution in [-0.2, 0) is 7.05 Å². The Morgan fingerprint density at radius 1 is 1.22 bits per heavy atom. The summed E-state index contributed by atoms with van der Waals surface area (Å²) in [5, 5.41) is 2.88. The van der Waals surface area contributed by atoms with E-state index in [2.05, 4.69) is 10.3 Å². The first-order valence-electron chi connectivity index (χ1n) is 7.56. The molecule has 5 nitrogen and oxygen atoms in total. The number of aromatic nitrogens is 2. The molecule has 1 heterocycles. The molecular weight excluding hydrogens is 290 g/mol. The molecular formula is C18H19N3O2. The van der Waals surface area contributed by atoms with E-state index >= 15 is 0 Å². The maximum absolute atomic E-state index is 12.4. The van der Waals surface area contributed by atoms with Crippen molar-refractivity contribution >= 4 is 22.6 Å². The van der Waals surface area contributed by atoms with Gasteiger partial charge in [0.2, 0.25) is 0 Å². The van der Waals surface area contributed by atoms with Gasteiger partial charge in [-0.1, -0.05) is 0 Å². The predicted molar refractivity (Wildman–Crippen MR) is 91.0 cm³/mol. The third kappa shape index (κ3) is 3.04. The Morgan fingerprint density at radius 2 is 1.96 bits per heavy atom. The molecule has 118 valence electrons. The van der Waals surface area contributed by atoms with E-state index in [4.69, 9.17) is 4.74 Å². The molecule has 0 saturated heterocycles. The van der Waals surface area contributed by atoms with E-state index < -0.39 is 0 Å². The predicted octanol–water partition coefficient (Wildman–Crippen LogP) is 3.53. The fourth-order valence-electron chi connectivity index (χ4n) is 2.47. The van der Waals surface area contributed by atoms with E-state index in [9.17, 15) is 4.79 Å². The highest BCUT2D eigenvalue weighted by Crippen LogP contribution is 2.19. The molecule has 0 fully saturated rings. The summed E-state index contributed by atoms with van der Waals surface area (Å²) in [6, 6.07) is 12.9. The van der Waals surface area contributed by atoms with Crippen LogP contribution >= 0.6 is 0 Å². The topological polar surface area (TPSA) is 56.1 Å². The second-order valence-corrected chi connectivity index (χ2v) is 5.33. The largest absolute Gasteiger partial charge is 0.494 e. The molecule has 0 saturated carbocycles. The van der Waals surface area contributed by atoms with Gasteiger partial charge >= 0.3 is 0 Å². The van der Waals surface area contributed by atoms with Crippen LogP contribution < -0.4 is 10.1 Å². The van der Waals surface area contributed by atoms with Crippen molar-refractivity contribution < 1.29 is 9.53 Å². The quantitative estimate of drug-likeness (QED) is 0.802. The maximum atomic E-state index is 12.4. The molecule has 0 atom stereocenters. The van der Waals surface area contributed by atoms with Crippen LogP contribution in [0.4, 0.5) is 5.69 Å². The molecule has 0 unspecified atom stereocenters. The van der Waals surface area contributed by atoms with E-state index in [1.54, 1.807) is 0 Å². The minimum atomic E-state index is -0.153. The van der Waals surface area contributed by atoms with Gasteiger partial charge in [0.05, 0.1) is 17.6 Å². The lowest BCUT2D eigenvalue weighted by Gasteiger charge is -2.07. The SMILES string of the molecule is CCOc1ccc(NC(=O)c2ccc3c(c2)nc(C)n3C)cc1. The van der Waals surface area contributed by atoms with Crippen LogP contribution in [-0.4, -0.2) is 22.1 Å². The molecule has 0 aliphatic heterocycles. The first-order chi connectivity index (χ1) is 11.1. The monoisotopic (exact) mass is 309 g/mol. The Bertz CT molecular complexity index is 851. The van der Waals surface area contributed by atoms with Gasteiger partial charge in [0, 0.05) is 18.3 Å². The molecule has 2 aromatic carbocycles. The van der Waals surface area contributed by atoms with Crippen molar-refractivity contribution in [3.63, 3.8) is 0 Å². The van der Waals surface area contributed by atoms with Crippen molar-refractivity contribution in [2.24, 2.45) is 7.05 Å². The molecule has 1 N–H and O–H groups in total. The molecule has 0 spiro atoms. The molecule has 0 aliphatic carbocycles. The van der Waals surface area contributed by atoms with E-state index in [1.807, 2.05) is 67.9 Å². The van der Waals surface area contributed by atoms with Gasteiger partial charge in [-0.05, 0) is 56.3 Å². The molecule has 1 aromatic heterocycles. The zero-order chi connectivity index (χ0) is 16.4. The maximum Gasteiger partial charge on any atom is 0.255 e. The van der Waals surface area contributed by atoms with Crippen molar-refractivity contribution in [3.8, 4) is 5.75 Å². The van der Waals surface area contributed by atoms with E-state index in [0.717, 1.165) is 28.3 Å². The molecule has 5 heteroatoms. The van der Waals surface area contributed by atoms with Crippen molar-refractivity contribution in [2.45, 2.75) is 13.8 Å². The second-order valence-electron chi connectivity index (χ2n) is 5.33. The number of rotatable bonds is 4. The van der Waals surface area contributed by atoms with E-state index in [0.29, 0.717) is 12.2 Å². The Hall–Kier alpha value is -2.82. The normalized spacial score (nSPS) is 10.7. The van der Waals surface area contributed by atoms with Crippen LogP contribution in [0.3, 0.4) is 0 Å². The summed E-state index contributed by atoms with van der Waals surface area (Å²) < 4.78 is 7.39. The zero-order valence-corrected chi connectivity index (χ0v) is 13.5. The molecule has 1 amide bonds. The first kappa shape index (κ1) is 15.1. The summed E-state index contributed by atoms with van der Waals surface area (Å²) in [5.41, 5.74) is 3.16. The van der Waals surface area contributed by atoms with Crippen LogP contribution in [0.2, 0.25) is 0 Å². The van der Waals surface area contributed by atoms with Crippen molar-refractivity contribution in [2.75, 3.05) is 11.9 Å². The highest BCUT2D eigenvalue weighted by atomic mass is 16.5. The molecule has 0 aliphatic rings. The molecule has 3 rings (SSSR count). The average molecular weight is 309 g/mol. The number of ether oxygens (including phenoxy) is 1. The van der Waals surface area contributed by atoms with Gasteiger partial charge in [0.1, 0.15) is 11.6 Å². The number of hydrogen-bond acceptors (Lipinski definition) is 3. The minimum absolute atomic E-state index is 0.153. The fraction of sp³-hybridized carbons (Fsp3) is 0.222. The number of fused-ring (bicyclic) bond motifs is 1. The summed E-state index contributed by atoms with van der Waals surface area (Å²) in [5.74, 6) is 1.55. The Balaban J connectivity index is 1.80. The number of nitrogens with zero attached hydrogens (tertiary/aromatic N) is 2. The number of amides is 1. The number of anilines is 1.